The number of hydrogen-bond acceptors (Lipinski definition) is 3. The molecular weight excluding hydrogens is 346 g/mol. The Morgan fingerprint density at radius 3 is 2.36 bits per heavy atom. The van der Waals surface area contributed by atoms with Gasteiger partial charge in [0.1, 0.15) is 5.82 Å². The summed E-state index contributed by atoms with van der Waals surface area (Å²) >= 11 is 0. The zero-order valence-electron chi connectivity index (χ0n) is 16.9. The first-order chi connectivity index (χ1) is 13.4. The number of benzene rings is 2. The second kappa shape index (κ2) is 8.70. The number of nitrogens with one attached hydrogen (secondary N) is 1. The van der Waals surface area contributed by atoms with Gasteiger partial charge in [0.15, 0.2) is 0 Å². The third-order valence-corrected chi connectivity index (χ3v) is 4.89. The van der Waals surface area contributed by atoms with E-state index >= 15 is 0 Å². The van der Waals surface area contributed by atoms with E-state index in [0.717, 1.165) is 17.9 Å². The van der Waals surface area contributed by atoms with Crippen LogP contribution in [0.5, 0.6) is 0 Å². The number of amides is 1. The number of anilines is 2. The minimum absolute atomic E-state index is 0.123. The fourth-order valence-electron chi connectivity index (χ4n) is 3.02. The smallest absolute Gasteiger partial charge is 0.255 e. The van der Waals surface area contributed by atoms with E-state index in [1.807, 2.05) is 62.4 Å². The molecule has 0 aliphatic rings. The van der Waals surface area contributed by atoms with Crippen LogP contribution in [0.1, 0.15) is 40.9 Å². The average molecular weight is 374 g/mol. The van der Waals surface area contributed by atoms with Gasteiger partial charge < -0.3 is 10.2 Å². The monoisotopic (exact) mass is 373 g/mol. The Labute approximate surface area is 167 Å². The molecule has 3 rings (SSSR count). The van der Waals surface area contributed by atoms with Crippen LogP contribution in [0.25, 0.3) is 0 Å². The number of nitrogens with zero attached hydrogens (tertiary/aromatic N) is 2. The van der Waals surface area contributed by atoms with Crippen LogP contribution >= 0.6 is 0 Å². The fourth-order valence-corrected chi connectivity index (χ4v) is 3.02. The van der Waals surface area contributed by atoms with Gasteiger partial charge in [-0.15, -0.1) is 0 Å². The summed E-state index contributed by atoms with van der Waals surface area (Å²) < 4.78 is 0. The molecule has 28 heavy (non-hydrogen) atoms. The van der Waals surface area contributed by atoms with E-state index in [0.29, 0.717) is 17.3 Å². The van der Waals surface area contributed by atoms with Crippen molar-refractivity contribution in [3.63, 3.8) is 0 Å². The first-order valence-electron chi connectivity index (χ1n) is 9.59. The van der Waals surface area contributed by atoms with Crippen LogP contribution in [-0.2, 0) is 6.54 Å². The number of rotatable bonds is 6. The Bertz CT molecular complexity index is 934. The van der Waals surface area contributed by atoms with E-state index < -0.39 is 0 Å². The van der Waals surface area contributed by atoms with E-state index in [9.17, 15) is 4.79 Å². The number of carbonyl (C=O) groups excluding carboxylic acids is 1. The van der Waals surface area contributed by atoms with Crippen LogP contribution in [0, 0.1) is 13.8 Å². The first-order valence-corrected chi connectivity index (χ1v) is 9.59. The summed E-state index contributed by atoms with van der Waals surface area (Å²) in [6, 6.07) is 20.3. The molecule has 1 aromatic heterocycles. The molecule has 1 heterocycles. The van der Waals surface area contributed by atoms with Gasteiger partial charge in [0.25, 0.3) is 5.91 Å². The van der Waals surface area contributed by atoms with Gasteiger partial charge in [-0.1, -0.05) is 36.4 Å². The molecule has 2 aromatic carbocycles. The highest BCUT2D eigenvalue weighted by Gasteiger charge is 2.13. The first kappa shape index (κ1) is 19.6. The Hall–Kier alpha value is -3.14. The largest absolute Gasteiger partial charge is 0.350 e. The SMILES string of the molecule is Cc1ccc(C(=O)Nc2ccc(N(Cc3ccccc3)C(C)C)nc2)cc1C. The lowest BCUT2D eigenvalue weighted by Gasteiger charge is -2.28. The molecule has 144 valence electrons. The Balaban J connectivity index is 1.72. The van der Waals surface area contributed by atoms with Crippen molar-refractivity contribution in [2.75, 3.05) is 10.2 Å². The van der Waals surface area contributed by atoms with Crippen LogP contribution in [0.4, 0.5) is 11.5 Å². The lowest BCUT2D eigenvalue weighted by molar-refractivity contribution is 0.102. The lowest BCUT2D eigenvalue weighted by atomic mass is 10.1. The van der Waals surface area contributed by atoms with Crippen LogP contribution in [-0.4, -0.2) is 16.9 Å². The Morgan fingerprint density at radius 2 is 1.75 bits per heavy atom. The third-order valence-electron chi connectivity index (χ3n) is 4.89. The van der Waals surface area contributed by atoms with Crippen LogP contribution in [0.3, 0.4) is 0 Å². The molecule has 0 atom stereocenters. The Morgan fingerprint density at radius 1 is 1.00 bits per heavy atom. The molecule has 0 unspecified atom stereocenters. The second-order valence-corrected chi connectivity index (χ2v) is 7.37. The highest BCUT2D eigenvalue weighted by atomic mass is 16.1. The summed E-state index contributed by atoms with van der Waals surface area (Å²) in [6.45, 7) is 9.14. The van der Waals surface area contributed by atoms with E-state index in [1.165, 1.54) is 11.1 Å². The molecule has 0 spiro atoms. The topological polar surface area (TPSA) is 45.2 Å². The van der Waals surface area contributed by atoms with Crippen molar-refractivity contribution < 1.29 is 4.79 Å². The van der Waals surface area contributed by atoms with Crippen molar-refractivity contribution in [1.29, 1.82) is 0 Å². The number of pyridine rings is 1. The van der Waals surface area contributed by atoms with Gasteiger partial charge in [-0.25, -0.2) is 4.98 Å². The van der Waals surface area contributed by atoms with E-state index in [-0.39, 0.29) is 5.91 Å². The zero-order valence-corrected chi connectivity index (χ0v) is 16.9. The predicted octanol–water partition coefficient (Wildman–Crippen LogP) is 5.37. The van der Waals surface area contributed by atoms with Gasteiger partial charge in [-0.3, -0.25) is 4.79 Å². The maximum absolute atomic E-state index is 12.5. The molecule has 3 aromatic rings. The van der Waals surface area contributed by atoms with E-state index in [1.54, 1.807) is 6.20 Å². The standard InChI is InChI=1S/C24H27N3O/c1-17(2)27(16-20-8-6-5-7-9-20)23-13-12-22(15-25-23)26-24(28)21-11-10-18(3)19(4)14-21/h5-15,17H,16H2,1-4H3,(H,26,28). The molecule has 0 aliphatic heterocycles. The summed E-state index contributed by atoms with van der Waals surface area (Å²) in [6.07, 6.45) is 1.72. The van der Waals surface area contributed by atoms with Crippen molar-refractivity contribution in [1.82, 2.24) is 4.98 Å². The van der Waals surface area contributed by atoms with Crippen molar-refractivity contribution in [3.05, 3.63) is 89.1 Å². The molecule has 4 nitrogen and oxygen atoms in total. The second-order valence-electron chi connectivity index (χ2n) is 7.37. The number of hydrogen-bond donors (Lipinski definition) is 1. The highest BCUT2D eigenvalue weighted by molar-refractivity contribution is 6.04. The zero-order chi connectivity index (χ0) is 20.1. The molecule has 0 saturated heterocycles. The highest BCUT2D eigenvalue weighted by Crippen LogP contribution is 2.20. The summed E-state index contributed by atoms with van der Waals surface area (Å²) in [5.41, 5.74) is 4.87. The van der Waals surface area contributed by atoms with Gasteiger partial charge in [0, 0.05) is 18.2 Å². The van der Waals surface area contributed by atoms with Gasteiger partial charge in [0.2, 0.25) is 0 Å². The van der Waals surface area contributed by atoms with Crippen molar-refractivity contribution in [3.8, 4) is 0 Å². The molecule has 0 aliphatic carbocycles. The normalized spacial score (nSPS) is 10.8. The summed E-state index contributed by atoms with van der Waals surface area (Å²) in [5, 5.41) is 2.93. The lowest BCUT2D eigenvalue weighted by Crippen LogP contribution is -2.30. The van der Waals surface area contributed by atoms with Gasteiger partial charge in [-0.2, -0.15) is 0 Å². The summed E-state index contributed by atoms with van der Waals surface area (Å²) in [5.74, 6) is 0.769. The third kappa shape index (κ3) is 4.77. The number of aromatic nitrogens is 1. The van der Waals surface area contributed by atoms with Crippen molar-refractivity contribution in [2.45, 2.75) is 40.3 Å². The van der Waals surface area contributed by atoms with Crippen molar-refractivity contribution >= 4 is 17.4 Å². The molecule has 0 radical (unpaired) electrons. The van der Waals surface area contributed by atoms with Gasteiger partial charge in [-0.05, 0) is 68.7 Å². The van der Waals surface area contributed by atoms with Crippen molar-refractivity contribution in [2.24, 2.45) is 0 Å². The van der Waals surface area contributed by atoms with Gasteiger partial charge >= 0.3 is 0 Å². The van der Waals surface area contributed by atoms with Crippen LogP contribution in [0.15, 0.2) is 66.9 Å². The minimum Gasteiger partial charge on any atom is -0.350 e. The molecule has 0 fully saturated rings. The van der Waals surface area contributed by atoms with Crippen LogP contribution < -0.4 is 10.2 Å². The molecule has 0 bridgehead atoms. The van der Waals surface area contributed by atoms with E-state index in [2.05, 4.69) is 41.2 Å². The molecular formula is C24H27N3O. The van der Waals surface area contributed by atoms with Crippen LogP contribution in [0.2, 0.25) is 0 Å². The molecule has 0 saturated carbocycles. The predicted molar refractivity (Wildman–Crippen MR) is 116 cm³/mol. The molecule has 4 heteroatoms. The average Bonchev–Trinajstić information content (AvgIpc) is 2.69. The number of carbonyl (C=O) groups is 1. The Kier molecular flexibility index (Phi) is 6.09. The summed E-state index contributed by atoms with van der Waals surface area (Å²) in [7, 11) is 0. The summed E-state index contributed by atoms with van der Waals surface area (Å²) in [4.78, 5) is 19.3. The van der Waals surface area contributed by atoms with Gasteiger partial charge in [0.05, 0.1) is 11.9 Å². The number of aryl methyl sites for hydroxylation is 2. The fraction of sp³-hybridized carbons (Fsp3) is 0.250. The quantitative estimate of drug-likeness (QED) is 0.632. The molecule has 1 N–H and O–H groups in total. The maximum Gasteiger partial charge on any atom is 0.255 e. The minimum atomic E-state index is -0.123. The van der Waals surface area contributed by atoms with E-state index in [4.69, 9.17) is 0 Å². The molecule has 1 amide bonds. The maximum atomic E-state index is 12.5.